The fourth-order valence-corrected chi connectivity index (χ4v) is 8.76. The zero-order chi connectivity index (χ0) is 42.0. The van der Waals surface area contributed by atoms with Gasteiger partial charge < -0.3 is 69.4 Å². The van der Waals surface area contributed by atoms with Gasteiger partial charge in [0.25, 0.3) is 0 Å². The molecular weight excluding hydrogens is 756 g/mol. The first-order valence-corrected chi connectivity index (χ1v) is 20.8. The Labute approximate surface area is 342 Å². The first kappa shape index (κ1) is 44.6. The van der Waals surface area contributed by atoms with Crippen LogP contribution >= 0.6 is 0 Å². The third-order valence-electron chi connectivity index (χ3n) is 12.3. The molecule has 0 aromatic carbocycles. The van der Waals surface area contributed by atoms with Crippen LogP contribution in [-0.2, 0) is 42.7 Å². The summed E-state index contributed by atoms with van der Waals surface area (Å²) in [5.41, 5.74) is 5.94. The maximum absolute atomic E-state index is 12.6. The number of hydrogen-bond donors (Lipinski definition) is 4. The molecule has 7 aliphatic heterocycles. The van der Waals surface area contributed by atoms with Gasteiger partial charge in [-0.05, 0) is 99.8 Å². The number of carbonyl (C=O) groups is 3. The summed E-state index contributed by atoms with van der Waals surface area (Å²) < 4.78 is 46.7. The van der Waals surface area contributed by atoms with Crippen molar-refractivity contribution in [2.75, 3.05) is 66.5 Å². The number of fused-ring (bicyclic) bond motifs is 2. The lowest BCUT2D eigenvalue weighted by Crippen LogP contribution is -2.55. The van der Waals surface area contributed by atoms with Gasteiger partial charge >= 0.3 is 18.4 Å². The number of nitrogens with two attached hydrogens (primary N) is 1. The number of alkyl carbamates (subject to hydrolysis) is 2. The molecule has 0 aromatic rings. The van der Waals surface area contributed by atoms with Crippen LogP contribution in [0.4, 0.5) is 9.59 Å². The number of likely N-dealkylation sites (tertiary alicyclic amines) is 3. The van der Waals surface area contributed by atoms with Gasteiger partial charge in [-0.1, -0.05) is 0 Å². The summed E-state index contributed by atoms with van der Waals surface area (Å²) in [6.07, 6.45) is 0.302. The van der Waals surface area contributed by atoms with Crippen LogP contribution in [0.2, 0.25) is 0 Å². The zero-order valence-electron chi connectivity index (χ0n) is 35.5. The molecule has 0 radical (unpaired) electrons. The normalized spacial score (nSPS) is 35.9. The van der Waals surface area contributed by atoms with Gasteiger partial charge in [-0.25, -0.2) is 16.2 Å². The number of hydrogen-bond acceptors (Lipinski definition) is 15. The largest absolute Gasteiger partial charge is 0.440 e. The van der Waals surface area contributed by atoms with Crippen LogP contribution in [0.15, 0.2) is 0 Å². The van der Waals surface area contributed by atoms with E-state index in [2.05, 4.69) is 44.4 Å². The van der Waals surface area contributed by atoms with Crippen molar-refractivity contribution < 1.29 is 52.3 Å². The van der Waals surface area contributed by atoms with Crippen molar-refractivity contribution in [2.24, 2.45) is 5.73 Å². The topological polar surface area (TPSA) is 201 Å². The highest BCUT2D eigenvalue weighted by Gasteiger charge is 2.58. The van der Waals surface area contributed by atoms with Gasteiger partial charge in [0, 0.05) is 51.2 Å². The van der Waals surface area contributed by atoms with Crippen LogP contribution in [0.1, 0.15) is 80.1 Å². The Morgan fingerprint density at radius 2 is 1.21 bits per heavy atom. The molecule has 0 saturated carbocycles. The Bertz CT molecular complexity index is 1490. The van der Waals surface area contributed by atoms with Gasteiger partial charge in [0.15, 0.2) is 48.6 Å². The minimum atomic E-state index is -0.787. The molecule has 0 aromatic heterocycles. The molecule has 328 valence electrons. The molecule has 7 saturated heterocycles. The highest BCUT2D eigenvalue weighted by Crippen LogP contribution is 2.41. The molecule has 7 heterocycles. The van der Waals surface area contributed by atoms with Crippen molar-refractivity contribution in [1.29, 1.82) is 0 Å². The molecule has 7 rings (SSSR count). The second kappa shape index (κ2) is 18.0. The maximum Gasteiger partial charge on any atom is 0.407 e. The lowest BCUT2D eigenvalue weighted by molar-refractivity contribution is -0.217. The molecule has 0 bridgehead atoms. The molecule has 0 spiro atoms. The molecule has 0 aliphatic carbocycles. The van der Waals surface area contributed by atoms with Gasteiger partial charge in [-0.15, -0.1) is 0 Å². The van der Waals surface area contributed by atoms with Crippen LogP contribution in [0, 0.1) is 6.57 Å². The number of ether oxygens (including phenoxy) is 8. The highest BCUT2D eigenvalue weighted by molar-refractivity contribution is 5.79. The third-order valence-corrected chi connectivity index (χ3v) is 12.3. The van der Waals surface area contributed by atoms with Crippen LogP contribution < -0.4 is 21.7 Å². The second-order valence-electron chi connectivity index (χ2n) is 18.0. The Hall–Kier alpha value is -2.90. The fourth-order valence-electron chi connectivity index (χ4n) is 8.76. The Morgan fingerprint density at radius 3 is 1.66 bits per heavy atom. The van der Waals surface area contributed by atoms with Crippen LogP contribution in [0.3, 0.4) is 0 Å². The van der Waals surface area contributed by atoms with Gasteiger partial charge in [-0.2, -0.15) is 0 Å². The molecule has 5 N–H and O–H groups in total. The Morgan fingerprint density at radius 1 is 0.741 bits per heavy atom. The molecule has 0 unspecified atom stereocenters. The van der Waals surface area contributed by atoms with Crippen molar-refractivity contribution in [3.05, 3.63) is 11.4 Å². The summed E-state index contributed by atoms with van der Waals surface area (Å²) in [7, 11) is 3.06. The number of carbonyl (C=O) groups excluding carboxylic acids is 3. The average molecular weight is 823 g/mol. The van der Waals surface area contributed by atoms with Gasteiger partial charge in [0.05, 0.1) is 6.54 Å². The van der Waals surface area contributed by atoms with Crippen LogP contribution in [-0.4, -0.2) is 177 Å². The molecule has 19 heteroatoms. The van der Waals surface area contributed by atoms with Crippen molar-refractivity contribution in [1.82, 2.24) is 30.7 Å². The zero-order valence-corrected chi connectivity index (χ0v) is 35.5. The minimum Gasteiger partial charge on any atom is -0.440 e. The fraction of sp³-hybridized carbons (Fsp3) is 0.897. The minimum absolute atomic E-state index is 0.00478. The lowest BCUT2D eigenvalue weighted by Gasteiger charge is -2.41. The van der Waals surface area contributed by atoms with E-state index >= 15 is 0 Å². The van der Waals surface area contributed by atoms with Crippen LogP contribution in [0.5, 0.6) is 0 Å². The number of amides is 3. The van der Waals surface area contributed by atoms with Crippen molar-refractivity contribution >= 4 is 18.1 Å². The van der Waals surface area contributed by atoms with Gasteiger partial charge in [0.1, 0.15) is 12.2 Å². The van der Waals surface area contributed by atoms with Crippen LogP contribution in [0.25, 0.3) is 4.85 Å². The number of piperidine rings is 2. The average Bonchev–Trinajstić information content (AvgIpc) is 3.96. The maximum atomic E-state index is 12.6. The first-order chi connectivity index (χ1) is 27.3. The van der Waals surface area contributed by atoms with E-state index in [0.29, 0.717) is 19.6 Å². The molecule has 58 heavy (non-hydrogen) atoms. The summed E-state index contributed by atoms with van der Waals surface area (Å²) in [6.45, 7) is 24.4. The number of nitrogens with one attached hydrogen (secondary N) is 3. The quantitative estimate of drug-likeness (QED) is 0.243. The predicted molar refractivity (Wildman–Crippen MR) is 208 cm³/mol. The standard InChI is InChI=1S/C23H37N5O6.C16H29N3O5/c1-22(2)33-19-18(32-21(30)25-5)15(31-20(19)34-22)14-27-11-8-23(3,9-12-27)26-13-17(29)28-10-6-7-16(28)24-4;1-15(2)23-12-11(22-14(20)18-4)10(21-13(12)24-15)9-19-7-5-16(3,17)6-8-19/h15-16,18-20,26H,6-14H2,1-3,5H3,(H,25,30);10-13H,5-9,17H2,1-4H3,(H,18,20)/t15-,16+,18+,19-,20-;10-,11+,12-,13-/m11/s1. The number of rotatable bonds is 9. The molecule has 7 fully saturated rings. The first-order valence-electron chi connectivity index (χ1n) is 20.8. The van der Waals surface area contributed by atoms with E-state index < -0.39 is 60.8 Å². The summed E-state index contributed by atoms with van der Waals surface area (Å²) in [6, 6.07) is 0. The summed E-state index contributed by atoms with van der Waals surface area (Å²) in [5.74, 6) is -1.52. The van der Waals surface area contributed by atoms with E-state index in [0.717, 1.165) is 64.7 Å². The predicted octanol–water partition coefficient (Wildman–Crippen LogP) is 1.30. The molecular formula is C39H66N8O11. The molecule has 19 nitrogen and oxygen atoms in total. The second-order valence-corrected chi connectivity index (χ2v) is 18.0. The monoisotopic (exact) mass is 822 g/mol. The Balaban J connectivity index is 0.000000208. The van der Waals surface area contributed by atoms with Gasteiger partial charge in [-0.3, -0.25) is 14.5 Å². The highest BCUT2D eigenvalue weighted by atomic mass is 16.9. The Kier molecular flexibility index (Phi) is 13.8. The van der Waals surface area contributed by atoms with E-state index in [1.807, 2.05) is 27.7 Å². The summed E-state index contributed by atoms with van der Waals surface area (Å²) in [4.78, 5) is 46.1. The summed E-state index contributed by atoms with van der Waals surface area (Å²) in [5, 5.41) is 8.43. The van der Waals surface area contributed by atoms with E-state index in [1.165, 1.54) is 14.1 Å². The van der Waals surface area contributed by atoms with E-state index in [1.54, 1.807) is 4.90 Å². The molecule has 9 atom stereocenters. The number of nitrogens with zero attached hydrogens (tertiary/aromatic N) is 4. The lowest BCUT2D eigenvalue weighted by atomic mass is 9.89. The molecule has 7 aliphatic rings. The van der Waals surface area contributed by atoms with Crippen molar-refractivity contribution in [2.45, 2.75) is 158 Å². The van der Waals surface area contributed by atoms with Crippen molar-refractivity contribution in [3.63, 3.8) is 0 Å². The third kappa shape index (κ3) is 10.9. The SMILES string of the molecule is CNC(=O)O[C@@H]1[C@H]2OC(C)(C)O[C@H]2O[C@@H]1CN1CCC(C)(N)CC1.[C-]#[N+][C@@H]1CCCN1C(=O)CNC1(C)CCN(C[C@H]2O[C@@H]3OC(C)(C)O[C@@H]3[C@H]2OC(=O)NC)CC1. The molecule has 3 amide bonds. The summed E-state index contributed by atoms with van der Waals surface area (Å²) >= 11 is 0. The van der Waals surface area contributed by atoms with Gasteiger partial charge in [0.2, 0.25) is 5.91 Å². The van der Waals surface area contributed by atoms with Crippen molar-refractivity contribution in [3.8, 4) is 0 Å². The van der Waals surface area contributed by atoms with E-state index in [4.69, 9.17) is 50.2 Å². The van der Waals surface area contributed by atoms with E-state index in [9.17, 15) is 14.4 Å². The van der Waals surface area contributed by atoms with E-state index in [-0.39, 0.29) is 41.9 Å². The smallest absolute Gasteiger partial charge is 0.407 e.